The summed E-state index contributed by atoms with van der Waals surface area (Å²) in [5.41, 5.74) is 0.187. The van der Waals surface area contributed by atoms with Crippen LogP contribution in [0.3, 0.4) is 0 Å². The molecule has 0 radical (unpaired) electrons. The number of thioether (sulfide) groups is 1. The molecule has 1 amide bonds. The van der Waals surface area contributed by atoms with E-state index in [0.717, 1.165) is 18.6 Å². The molecule has 1 fully saturated rings. The second kappa shape index (κ2) is 6.17. The largest absolute Gasteiger partial charge is 0.507 e. The van der Waals surface area contributed by atoms with Crippen molar-refractivity contribution in [2.75, 3.05) is 11.1 Å². The van der Waals surface area contributed by atoms with Crippen molar-refractivity contribution in [1.29, 1.82) is 0 Å². The smallest absolute Gasteiger partial charge is 0.339 e. The SMILES string of the molecule is CC1CC(C(=O)Nc2ccc(O)c(C(=O)O)c2)CCS1. The van der Waals surface area contributed by atoms with Gasteiger partial charge in [0.1, 0.15) is 11.3 Å². The zero-order valence-electron chi connectivity index (χ0n) is 11.1. The molecule has 1 heterocycles. The molecule has 1 aromatic rings. The summed E-state index contributed by atoms with van der Waals surface area (Å²) in [6, 6.07) is 4.05. The summed E-state index contributed by atoms with van der Waals surface area (Å²) in [6.45, 7) is 2.10. The van der Waals surface area contributed by atoms with Gasteiger partial charge >= 0.3 is 5.97 Å². The van der Waals surface area contributed by atoms with Crippen molar-refractivity contribution >= 4 is 29.3 Å². The fraction of sp³-hybridized carbons (Fsp3) is 0.429. The topological polar surface area (TPSA) is 86.6 Å². The normalized spacial score (nSPS) is 22.2. The van der Waals surface area contributed by atoms with Gasteiger partial charge in [-0.25, -0.2) is 4.79 Å². The molecular weight excluding hydrogens is 278 g/mol. The monoisotopic (exact) mass is 295 g/mol. The Morgan fingerprint density at radius 2 is 2.15 bits per heavy atom. The van der Waals surface area contributed by atoms with Gasteiger partial charge in [0.2, 0.25) is 5.91 Å². The second-order valence-corrected chi connectivity index (χ2v) is 6.48. The number of carboxylic acids is 1. The Balaban J connectivity index is 2.07. The van der Waals surface area contributed by atoms with Gasteiger partial charge < -0.3 is 15.5 Å². The number of hydrogen-bond acceptors (Lipinski definition) is 4. The van der Waals surface area contributed by atoms with Crippen LogP contribution in [0.1, 0.15) is 30.1 Å². The van der Waals surface area contributed by atoms with E-state index in [9.17, 15) is 14.7 Å². The number of aromatic carboxylic acids is 1. The summed E-state index contributed by atoms with van der Waals surface area (Å²) >= 11 is 1.86. The minimum Gasteiger partial charge on any atom is -0.507 e. The first-order valence-corrected chi connectivity index (χ1v) is 7.51. The molecule has 0 bridgehead atoms. The summed E-state index contributed by atoms with van der Waals surface area (Å²) in [5, 5.41) is 21.6. The Morgan fingerprint density at radius 3 is 2.80 bits per heavy atom. The first-order valence-electron chi connectivity index (χ1n) is 6.46. The van der Waals surface area contributed by atoms with Crippen LogP contribution in [0.25, 0.3) is 0 Å². The number of carboxylic acid groups (broad SMARTS) is 1. The zero-order chi connectivity index (χ0) is 14.7. The van der Waals surface area contributed by atoms with Crippen molar-refractivity contribution in [3.05, 3.63) is 23.8 Å². The van der Waals surface area contributed by atoms with E-state index in [4.69, 9.17) is 5.11 Å². The highest BCUT2D eigenvalue weighted by molar-refractivity contribution is 7.99. The average Bonchev–Trinajstić information content (AvgIpc) is 2.40. The number of benzene rings is 1. The first-order chi connectivity index (χ1) is 9.47. The van der Waals surface area contributed by atoms with Gasteiger partial charge in [-0.2, -0.15) is 11.8 Å². The number of anilines is 1. The van der Waals surface area contributed by atoms with Gasteiger partial charge in [-0.1, -0.05) is 6.92 Å². The highest BCUT2D eigenvalue weighted by Gasteiger charge is 2.25. The lowest BCUT2D eigenvalue weighted by Gasteiger charge is -2.25. The predicted octanol–water partition coefficient (Wildman–Crippen LogP) is 2.56. The zero-order valence-corrected chi connectivity index (χ0v) is 11.9. The maximum absolute atomic E-state index is 12.1. The second-order valence-electron chi connectivity index (χ2n) is 4.93. The van der Waals surface area contributed by atoms with Crippen LogP contribution in [0.5, 0.6) is 5.75 Å². The van der Waals surface area contributed by atoms with Crippen molar-refractivity contribution < 1.29 is 19.8 Å². The molecule has 5 nitrogen and oxygen atoms in total. The molecule has 1 aliphatic rings. The third-order valence-corrected chi connectivity index (χ3v) is 4.58. The average molecular weight is 295 g/mol. The van der Waals surface area contributed by atoms with Crippen LogP contribution in [0, 0.1) is 5.92 Å². The maximum atomic E-state index is 12.1. The van der Waals surface area contributed by atoms with Crippen molar-refractivity contribution in [1.82, 2.24) is 0 Å². The Bertz CT molecular complexity index is 532. The molecule has 1 aliphatic heterocycles. The summed E-state index contributed by atoms with van der Waals surface area (Å²) in [5.74, 6) is -0.679. The highest BCUT2D eigenvalue weighted by atomic mass is 32.2. The van der Waals surface area contributed by atoms with Crippen molar-refractivity contribution in [2.45, 2.75) is 25.0 Å². The molecule has 2 atom stereocenters. The Hall–Kier alpha value is -1.69. The number of carbonyl (C=O) groups is 2. The molecule has 108 valence electrons. The molecule has 1 aromatic carbocycles. The van der Waals surface area contributed by atoms with E-state index in [1.807, 2.05) is 11.8 Å². The molecule has 0 saturated carbocycles. The quantitative estimate of drug-likeness (QED) is 0.746. The number of amides is 1. The summed E-state index contributed by atoms with van der Waals surface area (Å²) < 4.78 is 0. The molecule has 2 rings (SSSR count). The lowest BCUT2D eigenvalue weighted by atomic mass is 9.98. The Morgan fingerprint density at radius 1 is 1.40 bits per heavy atom. The van der Waals surface area contributed by atoms with Gasteiger partial charge in [-0.05, 0) is 36.8 Å². The molecule has 3 N–H and O–H groups in total. The summed E-state index contributed by atoms with van der Waals surface area (Å²) in [7, 11) is 0. The Kier molecular flexibility index (Phi) is 4.54. The van der Waals surface area contributed by atoms with E-state index in [1.165, 1.54) is 18.2 Å². The van der Waals surface area contributed by atoms with Crippen LogP contribution in [0.2, 0.25) is 0 Å². The fourth-order valence-electron chi connectivity index (χ4n) is 2.27. The molecule has 2 unspecified atom stereocenters. The number of hydrogen-bond donors (Lipinski definition) is 3. The van der Waals surface area contributed by atoms with Gasteiger partial charge in [-0.3, -0.25) is 4.79 Å². The van der Waals surface area contributed by atoms with Crippen LogP contribution < -0.4 is 5.32 Å². The van der Waals surface area contributed by atoms with E-state index in [0.29, 0.717) is 10.9 Å². The minimum atomic E-state index is -1.22. The summed E-state index contributed by atoms with van der Waals surface area (Å²) in [6.07, 6.45) is 1.67. The molecule has 20 heavy (non-hydrogen) atoms. The third-order valence-electron chi connectivity index (χ3n) is 3.35. The predicted molar refractivity (Wildman–Crippen MR) is 78.3 cm³/mol. The molecule has 1 saturated heterocycles. The standard InChI is InChI=1S/C14H17NO4S/c1-8-6-9(4-5-20-8)13(17)15-10-2-3-12(16)11(7-10)14(18)19/h2-3,7-9,16H,4-6H2,1H3,(H,15,17)(H,18,19). The van der Waals surface area contributed by atoms with Gasteiger partial charge in [0.25, 0.3) is 0 Å². The van der Waals surface area contributed by atoms with Crippen LogP contribution in [0.4, 0.5) is 5.69 Å². The van der Waals surface area contributed by atoms with E-state index in [1.54, 1.807) is 0 Å². The lowest BCUT2D eigenvalue weighted by Crippen LogP contribution is -2.28. The minimum absolute atomic E-state index is 0.0340. The van der Waals surface area contributed by atoms with Gasteiger partial charge in [0.15, 0.2) is 0 Å². The van der Waals surface area contributed by atoms with Crippen molar-refractivity contribution in [2.24, 2.45) is 5.92 Å². The van der Waals surface area contributed by atoms with E-state index in [-0.39, 0.29) is 23.1 Å². The summed E-state index contributed by atoms with van der Waals surface area (Å²) in [4.78, 5) is 23.1. The maximum Gasteiger partial charge on any atom is 0.339 e. The van der Waals surface area contributed by atoms with Crippen molar-refractivity contribution in [3.8, 4) is 5.75 Å². The van der Waals surface area contributed by atoms with Crippen molar-refractivity contribution in [3.63, 3.8) is 0 Å². The van der Waals surface area contributed by atoms with Gasteiger partial charge in [0.05, 0.1) is 0 Å². The van der Waals surface area contributed by atoms with Crippen LogP contribution in [0.15, 0.2) is 18.2 Å². The fourth-order valence-corrected chi connectivity index (χ4v) is 3.46. The van der Waals surface area contributed by atoms with E-state index < -0.39 is 5.97 Å². The van der Waals surface area contributed by atoms with Gasteiger partial charge in [0, 0.05) is 16.9 Å². The number of carbonyl (C=O) groups excluding carboxylic acids is 1. The Labute approximate surface area is 121 Å². The number of aromatic hydroxyl groups is 1. The van der Waals surface area contributed by atoms with Crippen LogP contribution >= 0.6 is 11.8 Å². The number of rotatable bonds is 3. The number of phenols is 1. The molecule has 0 aromatic heterocycles. The first kappa shape index (κ1) is 14.7. The van der Waals surface area contributed by atoms with E-state index >= 15 is 0 Å². The number of nitrogens with one attached hydrogen (secondary N) is 1. The highest BCUT2D eigenvalue weighted by Crippen LogP contribution is 2.30. The van der Waals surface area contributed by atoms with E-state index in [2.05, 4.69) is 12.2 Å². The molecular formula is C14H17NO4S. The molecule has 0 spiro atoms. The van der Waals surface area contributed by atoms with Gasteiger partial charge in [-0.15, -0.1) is 0 Å². The third kappa shape index (κ3) is 3.45. The van der Waals surface area contributed by atoms with Crippen LogP contribution in [-0.2, 0) is 4.79 Å². The molecule has 0 aliphatic carbocycles. The van der Waals surface area contributed by atoms with Crippen LogP contribution in [-0.4, -0.2) is 33.1 Å². The molecule has 6 heteroatoms. The lowest BCUT2D eigenvalue weighted by molar-refractivity contribution is -0.120.